The molecular weight excluding hydrogens is 258 g/mol. The Morgan fingerprint density at radius 2 is 2.10 bits per heavy atom. The van der Waals surface area contributed by atoms with Gasteiger partial charge in [0.2, 0.25) is 0 Å². The highest BCUT2D eigenvalue weighted by molar-refractivity contribution is 5.33. The molecular formula is C18H25N3. The summed E-state index contributed by atoms with van der Waals surface area (Å²) in [4.78, 5) is 0. The number of aryl methyl sites for hydroxylation is 2. The fourth-order valence-electron chi connectivity index (χ4n) is 3.80. The number of benzene rings is 1. The smallest absolute Gasteiger partial charge is 0.0644 e. The third-order valence-electron chi connectivity index (χ3n) is 4.78. The van der Waals surface area contributed by atoms with Gasteiger partial charge in [-0.05, 0) is 51.2 Å². The Labute approximate surface area is 127 Å². The van der Waals surface area contributed by atoms with E-state index in [2.05, 4.69) is 42.8 Å². The van der Waals surface area contributed by atoms with Crippen molar-refractivity contribution in [3.63, 3.8) is 0 Å². The summed E-state index contributed by atoms with van der Waals surface area (Å²) in [6.45, 7) is 7.22. The van der Waals surface area contributed by atoms with Crippen molar-refractivity contribution in [2.24, 2.45) is 5.73 Å². The predicted octanol–water partition coefficient (Wildman–Crippen LogP) is 3.64. The molecule has 2 aromatic rings. The first-order valence-corrected chi connectivity index (χ1v) is 7.95. The Morgan fingerprint density at radius 3 is 2.81 bits per heavy atom. The van der Waals surface area contributed by atoms with E-state index in [1.807, 2.05) is 6.92 Å². The zero-order valence-electron chi connectivity index (χ0n) is 13.3. The molecule has 1 aromatic heterocycles. The molecule has 0 amide bonds. The Morgan fingerprint density at radius 1 is 1.33 bits per heavy atom. The third kappa shape index (κ3) is 2.62. The number of fused-ring (bicyclic) bond motifs is 1. The minimum Gasteiger partial charge on any atom is -0.324 e. The lowest BCUT2D eigenvalue weighted by atomic mass is 9.83. The minimum absolute atomic E-state index is 0.0531. The van der Waals surface area contributed by atoms with Crippen LogP contribution in [0.25, 0.3) is 0 Å². The fourth-order valence-corrected chi connectivity index (χ4v) is 3.80. The average molecular weight is 283 g/mol. The maximum Gasteiger partial charge on any atom is 0.0644 e. The summed E-state index contributed by atoms with van der Waals surface area (Å²) < 4.78 is 2.17. The van der Waals surface area contributed by atoms with Gasteiger partial charge in [-0.15, -0.1) is 0 Å². The van der Waals surface area contributed by atoms with E-state index in [0.717, 1.165) is 12.2 Å². The standard InChI is InChI=1S/C18H25N3/c1-12(19)18-13(2)20-21(14(18)3)11-16-9-6-8-15-7-4-5-10-17(15)16/h4-5,7,10,12,16H,6,8-9,11,19H2,1-3H3. The van der Waals surface area contributed by atoms with E-state index in [1.165, 1.54) is 41.6 Å². The van der Waals surface area contributed by atoms with Crippen LogP contribution in [0.3, 0.4) is 0 Å². The van der Waals surface area contributed by atoms with Crippen LogP contribution >= 0.6 is 0 Å². The second-order valence-corrected chi connectivity index (χ2v) is 6.34. The van der Waals surface area contributed by atoms with Crippen LogP contribution in [-0.4, -0.2) is 9.78 Å². The van der Waals surface area contributed by atoms with Gasteiger partial charge in [0.05, 0.1) is 5.69 Å². The molecule has 2 N–H and O–H groups in total. The average Bonchev–Trinajstić information content (AvgIpc) is 2.74. The highest BCUT2D eigenvalue weighted by Crippen LogP contribution is 2.33. The summed E-state index contributed by atoms with van der Waals surface area (Å²) in [7, 11) is 0. The van der Waals surface area contributed by atoms with Crippen LogP contribution in [0, 0.1) is 13.8 Å². The number of hydrogen-bond donors (Lipinski definition) is 1. The SMILES string of the molecule is Cc1nn(CC2CCCc3ccccc32)c(C)c1C(C)N. The van der Waals surface area contributed by atoms with Crippen LogP contribution in [0.15, 0.2) is 24.3 Å². The second-order valence-electron chi connectivity index (χ2n) is 6.34. The van der Waals surface area contributed by atoms with E-state index in [-0.39, 0.29) is 6.04 Å². The molecule has 21 heavy (non-hydrogen) atoms. The van der Waals surface area contributed by atoms with Gasteiger partial charge >= 0.3 is 0 Å². The van der Waals surface area contributed by atoms with Gasteiger partial charge in [-0.3, -0.25) is 4.68 Å². The molecule has 0 fully saturated rings. The molecule has 0 radical (unpaired) electrons. The molecule has 0 aliphatic heterocycles. The molecule has 1 aliphatic rings. The Bertz CT molecular complexity index is 640. The second kappa shape index (κ2) is 5.64. The van der Waals surface area contributed by atoms with E-state index < -0.39 is 0 Å². The lowest BCUT2D eigenvalue weighted by Gasteiger charge is -2.26. The summed E-state index contributed by atoms with van der Waals surface area (Å²) in [5.41, 5.74) is 12.6. The summed E-state index contributed by atoms with van der Waals surface area (Å²) in [5.74, 6) is 0.578. The number of nitrogens with zero attached hydrogens (tertiary/aromatic N) is 2. The van der Waals surface area contributed by atoms with Gasteiger partial charge in [0.15, 0.2) is 0 Å². The number of rotatable bonds is 3. The van der Waals surface area contributed by atoms with E-state index in [1.54, 1.807) is 0 Å². The van der Waals surface area contributed by atoms with Crippen molar-refractivity contribution in [3.05, 3.63) is 52.3 Å². The van der Waals surface area contributed by atoms with Crippen molar-refractivity contribution in [2.45, 2.75) is 58.5 Å². The quantitative estimate of drug-likeness (QED) is 0.934. The molecule has 2 unspecified atom stereocenters. The van der Waals surface area contributed by atoms with E-state index >= 15 is 0 Å². The van der Waals surface area contributed by atoms with Gasteiger partial charge < -0.3 is 5.73 Å². The third-order valence-corrected chi connectivity index (χ3v) is 4.78. The topological polar surface area (TPSA) is 43.8 Å². The van der Waals surface area contributed by atoms with Crippen LogP contribution < -0.4 is 5.73 Å². The van der Waals surface area contributed by atoms with Crippen molar-refractivity contribution in [1.82, 2.24) is 9.78 Å². The molecule has 2 atom stereocenters. The van der Waals surface area contributed by atoms with Crippen LogP contribution in [0.2, 0.25) is 0 Å². The molecule has 1 aliphatic carbocycles. The van der Waals surface area contributed by atoms with Crippen LogP contribution in [0.4, 0.5) is 0 Å². The molecule has 0 saturated heterocycles. The van der Waals surface area contributed by atoms with Crippen LogP contribution in [0.1, 0.15) is 59.8 Å². The van der Waals surface area contributed by atoms with Gasteiger partial charge in [0.1, 0.15) is 0 Å². The highest BCUT2D eigenvalue weighted by atomic mass is 15.3. The molecule has 1 heterocycles. The van der Waals surface area contributed by atoms with Gasteiger partial charge in [-0.1, -0.05) is 24.3 Å². The number of hydrogen-bond acceptors (Lipinski definition) is 2. The van der Waals surface area contributed by atoms with Crippen molar-refractivity contribution >= 4 is 0 Å². The monoisotopic (exact) mass is 283 g/mol. The summed E-state index contributed by atoms with van der Waals surface area (Å²) in [6, 6.07) is 8.93. The maximum atomic E-state index is 6.09. The van der Waals surface area contributed by atoms with E-state index in [4.69, 9.17) is 10.8 Å². The first-order valence-electron chi connectivity index (χ1n) is 7.95. The van der Waals surface area contributed by atoms with Crippen LogP contribution in [-0.2, 0) is 13.0 Å². The van der Waals surface area contributed by atoms with Gasteiger partial charge in [0, 0.05) is 29.8 Å². The first kappa shape index (κ1) is 14.3. The lowest BCUT2D eigenvalue weighted by molar-refractivity contribution is 0.449. The summed E-state index contributed by atoms with van der Waals surface area (Å²) in [5, 5.41) is 4.74. The zero-order valence-corrected chi connectivity index (χ0v) is 13.3. The molecule has 112 valence electrons. The van der Waals surface area contributed by atoms with E-state index in [9.17, 15) is 0 Å². The summed E-state index contributed by atoms with van der Waals surface area (Å²) in [6.07, 6.45) is 3.75. The Hall–Kier alpha value is -1.61. The van der Waals surface area contributed by atoms with Gasteiger partial charge in [-0.25, -0.2) is 0 Å². The number of aromatic nitrogens is 2. The van der Waals surface area contributed by atoms with Crippen molar-refractivity contribution < 1.29 is 0 Å². The Balaban J connectivity index is 1.90. The molecule has 0 spiro atoms. The lowest BCUT2D eigenvalue weighted by Crippen LogP contribution is -2.17. The fraction of sp³-hybridized carbons (Fsp3) is 0.500. The number of nitrogens with two attached hydrogens (primary N) is 1. The maximum absolute atomic E-state index is 6.09. The molecule has 0 saturated carbocycles. The largest absolute Gasteiger partial charge is 0.324 e. The molecule has 0 bridgehead atoms. The normalized spacial score (nSPS) is 19.3. The van der Waals surface area contributed by atoms with Crippen LogP contribution in [0.5, 0.6) is 0 Å². The molecule has 1 aromatic carbocycles. The Kier molecular flexibility index (Phi) is 3.85. The van der Waals surface area contributed by atoms with Gasteiger partial charge in [0.25, 0.3) is 0 Å². The van der Waals surface area contributed by atoms with Gasteiger partial charge in [-0.2, -0.15) is 5.10 Å². The molecule has 3 rings (SSSR count). The van der Waals surface area contributed by atoms with Crippen molar-refractivity contribution in [2.75, 3.05) is 0 Å². The molecule has 3 heteroatoms. The van der Waals surface area contributed by atoms with Crippen molar-refractivity contribution in [3.8, 4) is 0 Å². The minimum atomic E-state index is 0.0531. The van der Waals surface area contributed by atoms with E-state index in [0.29, 0.717) is 5.92 Å². The predicted molar refractivity (Wildman–Crippen MR) is 86.4 cm³/mol. The van der Waals surface area contributed by atoms with Crippen molar-refractivity contribution in [1.29, 1.82) is 0 Å². The molecule has 3 nitrogen and oxygen atoms in total. The summed E-state index contributed by atoms with van der Waals surface area (Å²) >= 11 is 0. The highest BCUT2D eigenvalue weighted by Gasteiger charge is 2.22. The zero-order chi connectivity index (χ0) is 15.0. The first-order chi connectivity index (χ1) is 10.1.